The Bertz CT molecular complexity index is 810. The zero-order valence-electron chi connectivity index (χ0n) is 14.3. The fraction of sp³-hybridized carbons (Fsp3) is 0.217. The van der Waals surface area contributed by atoms with Crippen molar-refractivity contribution in [1.29, 1.82) is 0 Å². The van der Waals surface area contributed by atoms with Crippen molar-refractivity contribution >= 4 is 5.69 Å². The Morgan fingerprint density at radius 3 is 2.16 bits per heavy atom. The topological polar surface area (TPSA) is 21.3 Å². The van der Waals surface area contributed by atoms with E-state index in [1.165, 1.54) is 35.2 Å². The van der Waals surface area contributed by atoms with Gasteiger partial charge in [-0.2, -0.15) is 0 Å². The highest BCUT2D eigenvalue weighted by Crippen LogP contribution is 2.30. The van der Waals surface area contributed by atoms with E-state index in [2.05, 4.69) is 66.0 Å². The smallest absolute Gasteiger partial charge is 0.120 e. The number of anilines is 1. The SMILES string of the molecule is c1ccc(COc2ccc(NC3CC3)c(Cc3ccccc3)c2)cc1. The molecule has 1 aliphatic rings. The Morgan fingerprint density at radius 1 is 0.800 bits per heavy atom. The van der Waals surface area contributed by atoms with Crippen molar-refractivity contribution < 1.29 is 4.74 Å². The molecule has 2 nitrogen and oxygen atoms in total. The fourth-order valence-electron chi connectivity index (χ4n) is 2.95. The van der Waals surface area contributed by atoms with Crippen LogP contribution < -0.4 is 10.1 Å². The van der Waals surface area contributed by atoms with Gasteiger partial charge in [-0.3, -0.25) is 0 Å². The molecule has 25 heavy (non-hydrogen) atoms. The molecule has 3 aromatic rings. The molecule has 0 bridgehead atoms. The number of ether oxygens (including phenoxy) is 1. The second-order valence-electron chi connectivity index (χ2n) is 6.67. The molecule has 0 amide bonds. The summed E-state index contributed by atoms with van der Waals surface area (Å²) in [4.78, 5) is 0. The third-order valence-electron chi connectivity index (χ3n) is 4.50. The second-order valence-corrected chi connectivity index (χ2v) is 6.67. The Kier molecular flexibility index (Phi) is 4.69. The fourth-order valence-corrected chi connectivity index (χ4v) is 2.95. The molecule has 1 fully saturated rings. The van der Waals surface area contributed by atoms with Crippen molar-refractivity contribution in [2.75, 3.05) is 5.32 Å². The highest BCUT2D eigenvalue weighted by molar-refractivity contribution is 5.57. The van der Waals surface area contributed by atoms with Crippen LogP contribution in [0.3, 0.4) is 0 Å². The predicted molar refractivity (Wildman–Crippen MR) is 103 cm³/mol. The average Bonchev–Trinajstić information content (AvgIpc) is 3.48. The lowest BCUT2D eigenvalue weighted by Crippen LogP contribution is -2.05. The van der Waals surface area contributed by atoms with Crippen LogP contribution in [-0.4, -0.2) is 6.04 Å². The molecule has 1 N–H and O–H groups in total. The molecule has 0 aromatic heterocycles. The van der Waals surface area contributed by atoms with Gasteiger partial charge in [0.1, 0.15) is 12.4 Å². The molecule has 126 valence electrons. The molecular weight excluding hydrogens is 306 g/mol. The molecule has 0 atom stereocenters. The van der Waals surface area contributed by atoms with Crippen LogP contribution in [-0.2, 0) is 13.0 Å². The van der Waals surface area contributed by atoms with Crippen molar-refractivity contribution in [3.63, 3.8) is 0 Å². The molecule has 4 rings (SSSR count). The molecule has 0 aliphatic heterocycles. The van der Waals surface area contributed by atoms with Crippen molar-refractivity contribution in [3.8, 4) is 5.75 Å². The maximum atomic E-state index is 6.02. The van der Waals surface area contributed by atoms with Crippen LogP contribution in [0, 0.1) is 0 Å². The summed E-state index contributed by atoms with van der Waals surface area (Å²) in [6.45, 7) is 0.598. The lowest BCUT2D eigenvalue weighted by Gasteiger charge is -2.14. The minimum Gasteiger partial charge on any atom is -0.489 e. The highest BCUT2D eigenvalue weighted by Gasteiger charge is 2.22. The van der Waals surface area contributed by atoms with E-state index >= 15 is 0 Å². The van der Waals surface area contributed by atoms with Crippen molar-refractivity contribution in [2.24, 2.45) is 0 Å². The van der Waals surface area contributed by atoms with E-state index in [1.807, 2.05) is 18.2 Å². The third-order valence-corrected chi connectivity index (χ3v) is 4.50. The van der Waals surface area contributed by atoms with Gasteiger partial charge in [-0.15, -0.1) is 0 Å². The summed E-state index contributed by atoms with van der Waals surface area (Å²) in [5.41, 5.74) is 5.04. The van der Waals surface area contributed by atoms with Gasteiger partial charge in [0.05, 0.1) is 0 Å². The first-order valence-electron chi connectivity index (χ1n) is 8.97. The largest absolute Gasteiger partial charge is 0.489 e. The molecule has 0 heterocycles. The van der Waals surface area contributed by atoms with Crippen LogP contribution in [0.1, 0.15) is 29.5 Å². The van der Waals surface area contributed by atoms with Gasteiger partial charge in [0.25, 0.3) is 0 Å². The molecule has 1 saturated carbocycles. The highest BCUT2D eigenvalue weighted by atomic mass is 16.5. The first-order chi connectivity index (χ1) is 12.4. The Morgan fingerprint density at radius 2 is 1.48 bits per heavy atom. The molecule has 0 saturated heterocycles. The first-order valence-corrected chi connectivity index (χ1v) is 8.97. The quantitative estimate of drug-likeness (QED) is 0.624. The Balaban J connectivity index is 1.52. The standard InChI is InChI=1S/C23H23NO/c1-3-7-18(8-4-1)15-20-16-22(13-14-23(20)24-21-11-12-21)25-17-19-9-5-2-6-10-19/h1-10,13-14,16,21,24H,11-12,15,17H2. The molecule has 0 radical (unpaired) electrons. The monoisotopic (exact) mass is 329 g/mol. The zero-order chi connectivity index (χ0) is 16.9. The van der Waals surface area contributed by atoms with E-state index in [0.29, 0.717) is 12.6 Å². The van der Waals surface area contributed by atoms with Crippen molar-refractivity contribution in [2.45, 2.75) is 31.9 Å². The van der Waals surface area contributed by atoms with Gasteiger partial charge in [-0.25, -0.2) is 0 Å². The van der Waals surface area contributed by atoms with Crippen LogP contribution in [0.25, 0.3) is 0 Å². The molecule has 2 heteroatoms. The molecule has 1 aliphatic carbocycles. The summed E-state index contributed by atoms with van der Waals surface area (Å²) in [7, 11) is 0. The van der Waals surface area contributed by atoms with Crippen molar-refractivity contribution in [1.82, 2.24) is 0 Å². The number of nitrogens with one attached hydrogen (secondary N) is 1. The number of hydrogen-bond donors (Lipinski definition) is 1. The minimum atomic E-state index is 0.598. The Hall–Kier alpha value is -2.74. The van der Waals surface area contributed by atoms with Crippen LogP contribution in [0.15, 0.2) is 78.9 Å². The normalized spacial score (nSPS) is 13.4. The maximum absolute atomic E-state index is 6.02. The lowest BCUT2D eigenvalue weighted by molar-refractivity contribution is 0.306. The van der Waals surface area contributed by atoms with Gasteiger partial charge in [0.15, 0.2) is 0 Å². The van der Waals surface area contributed by atoms with Gasteiger partial charge < -0.3 is 10.1 Å². The van der Waals surface area contributed by atoms with Gasteiger partial charge in [0, 0.05) is 11.7 Å². The summed E-state index contributed by atoms with van der Waals surface area (Å²) in [6, 6.07) is 28.0. The summed E-state index contributed by atoms with van der Waals surface area (Å²) in [5.74, 6) is 0.927. The van der Waals surface area contributed by atoms with Gasteiger partial charge in [0.2, 0.25) is 0 Å². The van der Waals surface area contributed by atoms with E-state index in [1.54, 1.807) is 0 Å². The second kappa shape index (κ2) is 7.43. The third kappa shape index (κ3) is 4.42. The molecule has 0 unspecified atom stereocenters. The summed E-state index contributed by atoms with van der Waals surface area (Å²) in [5, 5.41) is 3.65. The van der Waals surface area contributed by atoms with E-state index < -0.39 is 0 Å². The summed E-state index contributed by atoms with van der Waals surface area (Å²) >= 11 is 0. The summed E-state index contributed by atoms with van der Waals surface area (Å²) in [6.07, 6.45) is 3.46. The molecule has 0 spiro atoms. The predicted octanol–water partition coefficient (Wildman–Crippen LogP) is 5.43. The van der Waals surface area contributed by atoms with Gasteiger partial charge in [-0.05, 0) is 54.2 Å². The van der Waals surface area contributed by atoms with Crippen LogP contribution in [0.4, 0.5) is 5.69 Å². The van der Waals surface area contributed by atoms with Crippen LogP contribution >= 0.6 is 0 Å². The lowest BCUT2D eigenvalue weighted by atomic mass is 10.0. The van der Waals surface area contributed by atoms with Gasteiger partial charge in [-0.1, -0.05) is 60.7 Å². The molecular formula is C23H23NO. The van der Waals surface area contributed by atoms with Crippen LogP contribution in [0.2, 0.25) is 0 Å². The van der Waals surface area contributed by atoms with E-state index in [4.69, 9.17) is 4.74 Å². The average molecular weight is 329 g/mol. The molecule has 3 aromatic carbocycles. The van der Waals surface area contributed by atoms with Crippen molar-refractivity contribution in [3.05, 3.63) is 95.6 Å². The first kappa shape index (κ1) is 15.8. The minimum absolute atomic E-state index is 0.598. The summed E-state index contributed by atoms with van der Waals surface area (Å²) < 4.78 is 6.02. The zero-order valence-corrected chi connectivity index (χ0v) is 14.3. The number of hydrogen-bond acceptors (Lipinski definition) is 2. The number of benzene rings is 3. The van der Waals surface area contributed by atoms with E-state index in [0.717, 1.165) is 12.2 Å². The number of rotatable bonds is 7. The van der Waals surface area contributed by atoms with E-state index in [-0.39, 0.29) is 0 Å². The Labute approximate surface area is 149 Å². The van der Waals surface area contributed by atoms with Gasteiger partial charge >= 0.3 is 0 Å². The van der Waals surface area contributed by atoms with Crippen LogP contribution in [0.5, 0.6) is 5.75 Å². The maximum Gasteiger partial charge on any atom is 0.120 e. The van der Waals surface area contributed by atoms with E-state index in [9.17, 15) is 0 Å².